The monoisotopic (exact) mass is 156 g/mol. The Morgan fingerprint density at radius 3 is 2.91 bits per heavy atom. The van der Waals surface area contributed by atoms with Crippen LogP contribution in [-0.4, -0.2) is 30.1 Å². The first-order valence-corrected chi connectivity index (χ1v) is 4.34. The third kappa shape index (κ3) is 1.64. The van der Waals surface area contributed by atoms with E-state index in [1.807, 2.05) is 4.90 Å². The normalized spacial score (nSPS) is 24.0. The van der Waals surface area contributed by atoms with Crippen molar-refractivity contribution in [1.29, 1.82) is 0 Å². The van der Waals surface area contributed by atoms with Crippen LogP contribution in [0.4, 0.5) is 4.79 Å². The predicted octanol–water partition coefficient (Wildman–Crippen LogP) is 1.20. The van der Waals surface area contributed by atoms with Crippen molar-refractivity contribution in [2.45, 2.75) is 32.7 Å². The molecule has 0 bridgehead atoms. The Morgan fingerprint density at radius 2 is 2.36 bits per heavy atom. The summed E-state index contributed by atoms with van der Waals surface area (Å²) in [4.78, 5) is 13.1. The first-order valence-electron chi connectivity index (χ1n) is 4.34. The minimum Gasteiger partial charge on any atom is -0.336 e. The number of rotatable bonds is 3. The van der Waals surface area contributed by atoms with Gasteiger partial charge >= 0.3 is 6.03 Å². The van der Waals surface area contributed by atoms with E-state index in [0.29, 0.717) is 6.04 Å². The number of carbonyl (C=O) groups excluding carboxylic acids is 1. The maximum absolute atomic E-state index is 11.1. The van der Waals surface area contributed by atoms with Gasteiger partial charge in [-0.2, -0.15) is 0 Å². The molecule has 1 aliphatic rings. The lowest BCUT2D eigenvalue weighted by molar-refractivity contribution is 0.202. The van der Waals surface area contributed by atoms with Crippen molar-refractivity contribution in [2.24, 2.45) is 0 Å². The summed E-state index contributed by atoms with van der Waals surface area (Å²) >= 11 is 0. The second-order valence-electron chi connectivity index (χ2n) is 2.94. The highest BCUT2D eigenvalue weighted by Gasteiger charge is 2.27. The van der Waals surface area contributed by atoms with E-state index in [9.17, 15) is 4.79 Å². The second kappa shape index (κ2) is 3.60. The van der Waals surface area contributed by atoms with Crippen molar-refractivity contribution >= 4 is 6.03 Å². The number of nitrogens with zero attached hydrogens (tertiary/aromatic N) is 1. The molecular weight excluding hydrogens is 140 g/mol. The Kier molecular flexibility index (Phi) is 2.74. The molecule has 2 amide bonds. The molecular formula is C8H16N2O. The van der Waals surface area contributed by atoms with Crippen molar-refractivity contribution < 1.29 is 4.79 Å². The number of hydrogen-bond acceptors (Lipinski definition) is 1. The van der Waals surface area contributed by atoms with Crippen LogP contribution < -0.4 is 5.32 Å². The zero-order chi connectivity index (χ0) is 8.27. The maximum Gasteiger partial charge on any atom is 0.317 e. The molecule has 1 aliphatic heterocycles. The molecule has 1 fully saturated rings. The number of hydrogen-bond donors (Lipinski definition) is 1. The van der Waals surface area contributed by atoms with Gasteiger partial charge in [0.1, 0.15) is 0 Å². The van der Waals surface area contributed by atoms with E-state index < -0.39 is 0 Å². The van der Waals surface area contributed by atoms with Crippen LogP contribution in [0.5, 0.6) is 0 Å². The van der Waals surface area contributed by atoms with E-state index in [1.54, 1.807) is 0 Å². The lowest BCUT2D eigenvalue weighted by Gasteiger charge is -2.20. The minimum atomic E-state index is 0.110. The van der Waals surface area contributed by atoms with E-state index in [0.717, 1.165) is 25.9 Å². The molecule has 1 unspecified atom stereocenters. The number of carbonyl (C=O) groups is 1. The molecule has 0 spiro atoms. The van der Waals surface area contributed by atoms with Crippen LogP contribution in [0.3, 0.4) is 0 Å². The smallest absolute Gasteiger partial charge is 0.317 e. The van der Waals surface area contributed by atoms with Gasteiger partial charge in [-0.05, 0) is 12.8 Å². The average Bonchev–Trinajstić information content (AvgIpc) is 2.34. The summed E-state index contributed by atoms with van der Waals surface area (Å²) in [6, 6.07) is 0.543. The van der Waals surface area contributed by atoms with E-state index in [2.05, 4.69) is 19.2 Å². The molecule has 0 radical (unpaired) electrons. The molecule has 3 nitrogen and oxygen atoms in total. The van der Waals surface area contributed by atoms with E-state index in [1.165, 1.54) is 0 Å². The third-order valence-electron chi connectivity index (χ3n) is 2.13. The highest BCUT2D eigenvalue weighted by molar-refractivity contribution is 5.76. The fourth-order valence-electron chi connectivity index (χ4n) is 1.47. The molecule has 64 valence electrons. The van der Waals surface area contributed by atoms with Gasteiger partial charge in [-0.25, -0.2) is 4.79 Å². The van der Waals surface area contributed by atoms with Gasteiger partial charge in [-0.1, -0.05) is 13.8 Å². The van der Waals surface area contributed by atoms with Crippen molar-refractivity contribution in [3.8, 4) is 0 Å². The largest absolute Gasteiger partial charge is 0.336 e. The second-order valence-corrected chi connectivity index (χ2v) is 2.94. The van der Waals surface area contributed by atoms with Crippen molar-refractivity contribution in [3.05, 3.63) is 0 Å². The first-order chi connectivity index (χ1) is 5.29. The topological polar surface area (TPSA) is 32.3 Å². The van der Waals surface area contributed by atoms with Crippen LogP contribution in [0.15, 0.2) is 0 Å². The summed E-state index contributed by atoms with van der Waals surface area (Å²) in [5.41, 5.74) is 0. The average molecular weight is 156 g/mol. The van der Waals surface area contributed by atoms with Crippen LogP contribution in [0.2, 0.25) is 0 Å². The zero-order valence-corrected chi connectivity index (χ0v) is 7.26. The van der Waals surface area contributed by atoms with Crippen LogP contribution in [0, 0.1) is 0 Å². The summed E-state index contributed by atoms with van der Waals surface area (Å²) in [5.74, 6) is 0. The Bertz CT molecular complexity index is 147. The number of urea groups is 1. The molecule has 1 atom stereocenters. The maximum atomic E-state index is 11.1. The van der Waals surface area contributed by atoms with Crippen molar-refractivity contribution in [2.75, 3.05) is 13.1 Å². The SMILES string of the molecule is CCCN1C(=O)NCC1CC. The van der Waals surface area contributed by atoms with Crippen LogP contribution in [0.25, 0.3) is 0 Å². The Morgan fingerprint density at radius 1 is 1.64 bits per heavy atom. The predicted molar refractivity (Wildman–Crippen MR) is 44.5 cm³/mol. The molecule has 0 aliphatic carbocycles. The molecule has 0 aromatic rings. The summed E-state index contributed by atoms with van der Waals surface area (Å²) in [6.45, 7) is 5.94. The molecule has 1 heterocycles. The summed E-state index contributed by atoms with van der Waals surface area (Å²) in [7, 11) is 0. The summed E-state index contributed by atoms with van der Waals surface area (Å²) in [5, 5.41) is 2.84. The fourth-order valence-corrected chi connectivity index (χ4v) is 1.47. The first kappa shape index (κ1) is 8.37. The lowest BCUT2D eigenvalue weighted by Crippen LogP contribution is -2.34. The molecule has 0 aromatic carbocycles. The summed E-state index contributed by atoms with van der Waals surface area (Å²) < 4.78 is 0. The molecule has 0 saturated carbocycles. The molecule has 1 N–H and O–H groups in total. The third-order valence-corrected chi connectivity index (χ3v) is 2.13. The van der Waals surface area contributed by atoms with E-state index in [-0.39, 0.29) is 6.03 Å². The van der Waals surface area contributed by atoms with Gasteiger partial charge in [-0.15, -0.1) is 0 Å². The van der Waals surface area contributed by atoms with Gasteiger partial charge in [-0.3, -0.25) is 0 Å². The highest BCUT2D eigenvalue weighted by Crippen LogP contribution is 2.10. The standard InChI is InChI=1S/C8H16N2O/c1-3-5-10-7(4-2)6-9-8(10)11/h7H,3-6H2,1-2H3,(H,9,11). The van der Waals surface area contributed by atoms with Crippen LogP contribution >= 0.6 is 0 Å². The van der Waals surface area contributed by atoms with Gasteiger partial charge in [0.2, 0.25) is 0 Å². The zero-order valence-electron chi connectivity index (χ0n) is 7.26. The number of amides is 2. The Hall–Kier alpha value is -0.730. The van der Waals surface area contributed by atoms with Crippen LogP contribution in [-0.2, 0) is 0 Å². The van der Waals surface area contributed by atoms with Gasteiger partial charge < -0.3 is 10.2 Å². The molecule has 0 aromatic heterocycles. The minimum absolute atomic E-state index is 0.110. The molecule has 3 heteroatoms. The van der Waals surface area contributed by atoms with Gasteiger partial charge in [0.05, 0.1) is 6.04 Å². The lowest BCUT2D eigenvalue weighted by atomic mass is 10.2. The molecule has 11 heavy (non-hydrogen) atoms. The quantitative estimate of drug-likeness (QED) is 0.654. The highest BCUT2D eigenvalue weighted by atomic mass is 16.2. The van der Waals surface area contributed by atoms with E-state index in [4.69, 9.17) is 0 Å². The van der Waals surface area contributed by atoms with Crippen molar-refractivity contribution in [1.82, 2.24) is 10.2 Å². The van der Waals surface area contributed by atoms with E-state index >= 15 is 0 Å². The fraction of sp³-hybridized carbons (Fsp3) is 0.875. The summed E-state index contributed by atoms with van der Waals surface area (Å²) in [6.07, 6.45) is 2.10. The van der Waals surface area contributed by atoms with Gasteiger partial charge in [0.25, 0.3) is 0 Å². The Balaban J connectivity index is 2.49. The van der Waals surface area contributed by atoms with Gasteiger partial charge in [0, 0.05) is 13.1 Å². The number of nitrogens with one attached hydrogen (secondary N) is 1. The molecule has 1 saturated heterocycles. The van der Waals surface area contributed by atoms with Gasteiger partial charge in [0.15, 0.2) is 0 Å². The Labute approximate surface area is 67.8 Å². The van der Waals surface area contributed by atoms with Crippen LogP contribution in [0.1, 0.15) is 26.7 Å². The molecule has 1 rings (SSSR count). The van der Waals surface area contributed by atoms with Crippen molar-refractivity contribution in [3.63, 3.8) is 0 Å².